The van der Waals surface area contributed by atoms with Crippen molar-refractivity contribution < 1.29 is 22.7 Å². The summed E-state index contributed by atoms with van der Waals surface area (Å²) in [6.45, 7) is 2.30. The first kappa shape index (κ1) is 23.5. The molecule has 1 aromatic carbocycles. The minimum Gasteiger partial charge on any atom is -0.449 e. The van der Waals surface area contributed by atoms with Crippen molar-refractivity contribution in [2.45, 2.75) is 37.2 Å². The lowest BCUT2D eigenvalue weighted by atomic mass is 10.2. The molecule has 0 spiro atoms. The van der Waals surface area contributed by atoms with Gasteiger partial charge < -0.3 is 10.1 Å². The molecule has 31 heavy (non-hydrogen) atoms. The average molecular weight is 486 g/mol. The third kappa shape index (κ3) is 5.74. The first-order valence-corrected chi connectivity index (χ1v) is 11.8. The van der Waals surface area contributed by atoms with E-state index in [9.17, 15) is 18.0 Å². The molecule has 1 aliphatic heterocycles. The number of carbonyl (C=O) groups excluding carboxylic acids is 2. The van der Waals surface area contributed by atoms with Gasteiger partial charge in [0.1, 0.15) is 5.15 Å². The molecule has 0 aliphatic carbocycles. The van der Waals surface area contributed by atoms with E-state index in [0.29, 0.717) is 13.1 Å². The van der Waals surface area contributed by atoms with Gasteiger partial charge in [-0.1, -0.05) is 29.6 Å². The molecule has 1 unspecified atom stereocenters. The number of sulfonamides is 1. The van der Waals surface area contributed by atoms with Crippen molar-refractivity contribution in [2.24, 2.45) is 0 Å². The predicted octanol–water partition coefficient (Wildman–Crippen LogP) is 3.75. The third-order valence-corrected chi connectivity index (χ3v) is 7.21. The van der Waals surface area contributed by atoms with Crippen LogP contribution in [0.2, 0.25) is 10.2 Å². The van der Waals surface area contributed by atoms with Crippen molar-refractivity contribution in [1.29, 1.82) is 0 Å². The van der Waals surface area contributed by atoms with Crippen molar-refractivity contribution in [3.8, 4) is 0 Å². The molecule has 1 saturated heterocycles. The van der Waals surface area contributed by atoms with Crippen LogP contribution >= 0.6 is 23.2 Å². The highest BCUT2D eigenvalue weighted by atomic mass is 35.5. The first-order valence-electron chi connectivity index (χ1n) is 9.61. The molecule has 3 rings (SSSR count). The lowest BCUT2D eigenvalue weighted by Crippen LogP contribution is -2.35. The summed E-state index contributed by atoms with van der Waals surface area (Å²) in [5.74, 6) is -1.41. The number of carbonyl (C=O) groups is 2. The Bertz CT molecular complexity index is 1070. The maximum atomic E-state index is 12.9. The summed E-state index contributed by atoms with van der Waals surface area (Å²) in [4.78, 5) is 28.5. The Hall–Kier alpha value is -2.20. The van der Waals surface area contributed by atoms with Gasteiger partial charge in [-0.05, 0) is 50.1 Å². The number of ether oxygens (including phenoxy) is 1. The van der Waals surface area contributed by atoms with E-state index < -0.39 is 28.0 Å². The fourth-order valence-corrected chi connectivity index (χ4v) is 4.85. The minimum absolute atomic E-state index is 0.0333. The second-order valence-corrected chi connectivity index (χ2v) is 9.75. The Morgan fingerprint density at radius 1 is 1.13 bits per heavy atom. The lowest BCUT2D eigenvalue weighted by Gasteiger charge is -2.26. The van der Waals surface area contributed by atoms with E-state index in [1.807, 2.05) is 0 Å². The highest BCUT2D eigenvalue weighted by Crippen LogP contribution is 2.28. The number of nitrogens with zero attached hydrogens (tertiary/aromatic N) is 2. The highest BCUT2D eigenvalue weighted by Gasteiger charge is 2.27. The van der Waals surface area contributed by atoms with Crippen LogP contribution in [0.25, 0.3) is 0 Å². The van der Waals surface area contributed by atoms with Crippen LogP contribution in [0.15, 0.2) is 41.4 Å². The number of halogens is 2. The van der Waals surface area contributed by atoms with Gasteiger partial charge in [-0.25, -0.2) is 18.2 Å². The van der Waals surface area contributed by atoms with Crippen molar-refractivity contribution in [1.82, 2.24) is 9.29 Å². The summed E-state index contributed by atoms with van der Waals surface area (Å²) in [5.41, 5.74) is 0.248. The van der Waals surface area contributed by atoms with E-state index in [1.54, 1.807) is 0 Å². The number of benzene rings is 1. The number of pyridine rings is 1. The molecule has 11 heteroatoms. The minimum atomic E-state index is -3.70. The monoisotopic (exact) mass is 485 g/mol. The summed E-state index contributed by atoms with van der Waals surface area (Å²) in [5, 5.41) is 2.90. The fourth-order valence-electron chi connectivity index (χ4n) is 3.03. The van der Waals surface area contributed by atoms with Crippen LogP contribution in [-0.2, 0) is 19.6 Å². The number of hydrogen-bond donors (Lipinski definition) is 1. The number of rotatable bonds is 6. The number of nitrogens with one attached hydrogen (secondary N) is 1. The molecule has 1 atom stereocenters. The van der Waals surface area contributed by atoms with Crippen LogP contribution in [0.1, 0.15) is 36.5 Å². The normalized spacial score (nSPS) is 15.8. The number of hydrogen-bond acceptors (Lipinski definition) is 6. The first-order chi connectivity index (χ1) is 14.7. The number of piperidine rings is 1. The van der Waals surface area contributed by atoms with Gasteiger partial charge in [0.15, 0.2) is 6.10 Å². The van der Waals surface area contributed by atoms with Gasteiger partial charge in [0.05, 0.1) is 21.2 Å². The SMILES string of the molecule is CC(OC(=O)c1ccc(Cl)nc1)C(=O)Nc1cc(S(=O)(=O)N2CCCCC2)ccc1Cl. The van der Waals surface area contributed by atoms with E-state index in [2.05, 4.69) is 10.3 Å². The molecule has 0 saturated carbocycles. The molecule has 8 nitrogen and oxygen atoms in total. The van der Waals surface area contributed by atoms with Crippen molar-refractivity contribution in [2.75, 3.05) is 18.4 Å². The molecular weight excluding hydrogens is 465 g/mol. The molecular formula is C20H21Cl2N3O5S. The molecule has 1 amide bonds. The molecule has 2 aromatic rings. The Morgan fingerprint density at radius 3 is 2.48 bits per heavy atom. The standard InChI is InChI=1S/C20H21Cl2N3O5S/c1-13(30-20(27)14-5-8-18(22)23-12-14)19(26)24-17-11-15(6-7-16(17)21)31(28,29)25-9-3-2-4-10-25/h5-8,11-13H,2-4,9-10H2,1H3,(H,24,26). The van der Waals surface area contributed by atoms with Gasteiger partial charge in [-0.3, -0.25) is 4.79 Å². The quantitative estimate of drug-likeness (QED) is 0.493. The lowest BCUT2D eigenvalue weighted by molar-refractivity contribution is -0.123. The van der Waals surface area contributed by atoms with Crippen LogP contribution in [0.5, 0.6) is 0 Å². The van der Waals surface area contributed by atoms with Crippen molar-refractivity contribution in [3.05, 3.63) is 52.3 Å². The molecule has 1 fully saturated rings. The maximum absolute atomic E-state index is 12.9. The number of esters is 1. The molecule has 2 heterocycles. The number of aromatic nitrogens is 1. The zero-order chi connectivity index (χ0) is 22.6. The molecule has 1 N–H and O–H groups in total. The molecule has 166 valence electrons. The van der Waals surface area contributed by atoms with E-state index in [4.69, 9.17) is 27.9 Å². The number of anilines is 1. The predicted molar refractivity (Wildman–Crippen MR) is 117 cm³/mol. The Labute approximate surface area is 190 Å². The topological polar surface area (TPSA) is 106 Å². The van der Waals surface area contributed by atoms with Gasteiger partial charge in [-0.15, -0.1) is 0 Å². The Morgan fingerprint density at radius 2 is 1.84 bits per heavy atom. The summed E-state index contributed by atoms with van der Waals surface area (Å²) >= 11 is 11.8. The largest absolute Gasteiger partial charge is 0.449 e. The fraction of sp³-hybridized carbons (Fsp3) is 0.350. The van der Waals surface area contributed by atoms with Crippen molar-refractivity contribution in [3.63, 3.8) is 0 Å². The van der Waals surface area contributed by atoms with Gasteiger partial charge in [-0.2, -0.15) is 4.31 Å². The van der Waals surface area contributed by atoms with Gasteiger partial charge >= 0.3 is 5.97 Å². The van der Waals surface area contributed by atoms with Crippen LogP contribution in [0.4, 0.5) is 5.69 Å². The maximum Gasteiger partial charge on any atom is 0.340 e. The molecule has 1 aliphatic rings. The van der Waals surface area contributed by atoms with E-state index >= 15 is 0 Å². The molecule has 0 bridgehead atoms. The highest BCUT2D eigenvalue weighted by molar-refractivity contribution is 7.89. The van der Waals surface area contributed by atoms with Crippen molar-refractivity contribution >= 4 is 50.8 Å². The van der Waals surface area contributed by atoms with E-state index in [1.165, 1.54) is 47.8 Å². The van der Waals surface area contributed by atoms with E-state index in [0.717, 1.165) is 19.3 Å². The zero-order valence-corrected chi connectivity index (χ0v) is 19.0. The third-order valence-electron chi connectivity index (χ3n) is 4.76. The van der Waals surface area contributed by atoms with Crippen LogP contribution < -0.4 is 5.32 Å². The average Bonchev–Trinajstić information content (AvgIpc) is 2.76. The summed E-state index contributed by atoms with van der Waals surface area (Å²) in [6, 6.07) is 6.97. The Kier molecular flexibility index (Phi) is 7.53. The van der Waals surface area contributed by atoms with Crippen LogP contribution in [0.3, 0.4) is 0 Å². The van der Waals surface area contributed by atoms with Gasteiger partial charge in [0.2, 0.25) is 10.0 Å². The van der Waals surface area contributed by atoms with Gasteiger partial charge in [0, 0.05) is 19.3 Å². The summed E-state index contributed by atoms with van der Waals surface area (Å²) in [7, 11) is -3.70. The second kappa shape index (κ2) is 9.95. The molecule has 1 aromatic heterocycles. The smallest absolute Gasteiger partial charge is 0.340 e. The summed E-state index contributed by atoms with van der Waals surface area (Å²) in [6.07, 6.45) is 2.68. The molecule has 0 radical (unpaired) electrons. The number of amides is 1. The van der Waals surface area contributed by atoms with Gasteiger partial charge in [0.25, 0.3) is 5.91 Å². The zero-order valence-electron chi connectivity index (χ0n) is 16.7. The Balaban J connectivity index is 1.71. The summed E-state index contributed by atoms with van der Waals surface area (Å²) < 4.78 is 32.3. The van der Waals surface area contributed by atoms with Crippen LogP contribution in [0, 0.1) is 0 Å². The van der Waals surface area contributed by atoms with E-state index in [-0.39, 0.29) is 26.3 Å². The second-order valence-electron chi connectivity index (χ2n) is 7.01. The van der Waals surface area contributed by atoms with Crippen LogP contribution in [-0.4, -0.2) is 48.8 Å².